The number of carbonyl (C=O) groups is 3. The lowest BCUT2D eigenvalue weighted by Gasteiger charge is -2.27. The van der Waals surface area contributed by atoms with E-state index >= 15 is 0 Å². The van der Waals surface area contributed by atoms with Gasteiger partial charge in [-0.15, -0.1) is 0 Å². The lowest BCUT2D eigenvalue weighted by atomic mass is 9.99. The van der Waals surface area contributed by atoms with Crippen molar-refractivity contribution in [1.82, 2.24) is 16.0 Å². The van der Waals surface area contributed by atoms with Crippen molar-refractivity contribution < 1.29 is 34.1 Å². The molecule has 0 aliphatic carbocycles. The highest BCUT2D eigenvalue weighted by Gasteiger charge is 2.26. The largest absolute Gasteiger partial charge is 0.444 e. The van der Waals surface area contributed by atoms with Crippen molar-refractivity contribution in [2.24, 2.45) is 17.6 Å². The minimum Gasteiger partial charge on any atom is -0.444 e. The van der Waals surface area contributed by atoms with Crippen LogP contribution in [0.2, 0.25) is 0 Å². The van der Waals surface area contributed by atoms with E-state index < -0.39 is 47.7 Å². The number of aliphatic hydroxyl groups is 2. The van der Waals surface area contributed by atoms with Crippen LogP contribution in [-0.4, -0.2) is 83.8 Å². The number of rotatable bonds is 20. The van der Waals surface area contributed by atoms with Gasteiger partial charge in [-0.05, 0) is 97.2 Å². The fourth-order valence-corrected chi connectivity index (χ4v) is 5.30. The van der Waals surface area contributed by atoms with Crippen molar-refractivity contribution in [1.29, 1.82) is 10.5 Å². The summed E-state index contributed by atoms with van der Waals surface area (Å²) in [5.74, 6) is 0.503. The Kier molecular flexibility index (Phi) is 27.3. The summed E-state index contributed by atoms with van der Waals surface area (Å²) in [5.41, 5.74) is 6.36. The number of nitriles is 2. The number of carbonyl (C=O) groups excluding carboxylic acids is 3. The average Bonchev–Trinajstić information content (AvgIpc) is 3.15. The van der Waals surface area contributed by atoms with E-state index in [-0.39, 0.29) is 12.5 Å². The van der Waals surface area contributed by atoms with E-state index in [2.05, 4.69) is 28.9 Å². The number of nitrogens with zero attached hydrogens (tertiary/aromatic N) is 2. The van der Waals surface area contributed by atoms with Crippen LogP contribution in [0.25, 0.3) is 0 Å². The van der Waals surface area contributed by atoms with Gasteiger partial charge >= 0.3 is 12.2 Å². The smallest absolute Gasteiger partial charge is 0.407 e. The summed E-state index contributed by atoms with van der Waals surface area (Å²) in [4.78, 5) is 34.1. The van der Waals surface area contributed by atoms with Crippen molar-refractivity contribution >= 4 is 18.5 Å². The van der Waals surface area contributed by atoms with Crippen molar-refractivity contribution in [3.8, 4) is 12.1 Å². The van der Waals surface area contributed by atoms with Gasteiger partial charge in [-0.25, -0.2) is 9.59 Å². The van der Waals surface area contributed by atoms with Crippen LogP contribution in [0.4, 0.5) is 9.59 Å². The Labute approximate surface area is 341 Å². The molecule has 2 aromatic carbocycles. The molecule has 2 amide bonds. The molecule has 0 aromatic heterocycles. The maximum absolute atomic E-state index is 12.2. The van der Waals surface area contributed by atoms with Crippen molar-refractivity contribution in [3.63, 3.8) is 0 Å². The number of alkyl carbamates (subject to hydrolysis) is 2. The van der Waals surface area contributed by atoms with Crippen LogP contribution in [0.5, 0.6) is 0 Å². The van der Waals surface area contributed by atoms with Crippen LogP contribution in [-0.2, 0) is 27.1 Å². The normalized spacial score (nSPS) is 14.1. The molecular weight excluding hydrogens is 725 g/mol. The molecule has 4 unspecified atom stereocenters. The third kappa shape index (κ3) is 27.7. The van der Waals surface area contributed by atoms with Gasteiger partial charge in [0.15, 0.2) is 0 Å². The third-order valence-corrected chi connectivity index (χ3v) is 8.54. The van der Waals surface area contributed by atoms with Crippen molar-refractivity contribution in [2.75, 3.05) is 19.6 Å². The van der Waals surface area contributed by atoms with E-state index in [9.17, 15) is 24.6 Å². The molecule has 2 aromatic rings. The Morgan fingerprint density at radius 2 is 1.18 bits per heavy atom. The predicted molar refractivity (Wildman–Crippen MR) is 224 cm³/mol. The first-order valence-electron chi connectivity index (χ1n) is 19.9. The maximum atomic E-state index is 12.2. The molecule has 13 nitrogen and oxygen atoms in total. The van der Waals surface area contributed by atoms with Gasteiger partial charge in [0.2, 0.25) is 0 Å². The molecule has 6 atom stereocenters. The van der Waals surface area contributed by atoms with Gasteiger partial charge in [-0.1, -0.05) is 80.9 Å². The number of aldehydes is 1. The van der Waals surface area contributed by atoms with Gasteiger partial charge in [-0.2, -0.15) is 10.5 Å². The second-order valence-electron chi connectivity index (χ2n) is 15.9. The molecule has 0 heterocycles. The summed E-state index contributed by atoms with van der Waals surface area (Å²) in [6, 6.07) is 22.6. The molecule has 0 aliphatic rings. The Morgan fingerprint density at radius 3 is 1.54 bits per heavy atom. The Bertz CT molecular complexity index is 1450. The molecule has 0 bridgehead atoms. The molecule has 0 aliphatic heterocycles. The van der Waals surface area contributed by atoms with Crippen LogP contribution in [0.3, 0.4) is 0 Å². The predicted octanol–water partition coefficient (Wildman–Crippen LogP) is 6.36. The summed E-state index contributed by atoms with van der Waals surface area (Å²) in [5, 5.41) is 46.3. The van der Waals surface area contributed by atoms with Crippen LogP contribution in [0.15, 0.2) is 60.7 Å². The number of nitrogens with two attached hydrogens (primary N) is 1. The Balaban J connectivity index is 0.000000937. The van der Waals surface area contributed by atoms with Crippen molar-refractivity contribution in [3.05, 3.63) is 71.8 Å². The van der Waals surface area contributed by atoms with Crippen LogP contribution < -0.4 is 21.7 Å². The van der Waals surface area contributed by atoms with Gasteiger partial charge in [-0.3, -0.25) is 0 Å². The molecule has 318 valence electrons. The van der Waals surface area contributed by atoms with Crippen LogP contribution in [0, 0.1) is 34.5 Å². The van der Waals surface area contributed by atoms with Gasteiger partial charge in [0, 0.05) is 31.8 Å². The summed E-state index contributed by atoms with van der Waals surface area (Å²) < 4.78 is 10.5. The minimum absolute atomic E-state index is 0.0767. The third-order valence-electron chi connectivity index (χ3n) is 8.54. The molecule has 7 N–H and O–H groups in total. The zero-order chi connectivity index (χ0) is 43.3. The molecule has 2 rings (SSSR count). The van der Waals surface area contributed by atoms with E-state index in [1.165, 1.54) is 0 Å². The number of nitrogens with one attached hydrogen (secondary N) is 3. The number of hydrogen-bond donors (Lipinski definition) is 6. The Hall–Kier alpha value is -4.53. The fourth-order valence-electron chi connectivity index (χ4n) is 5.30. The standard InChI is InChI=1S/C22H35N3O3.C15H24N2O3.C7H11NO/c1-5-17(12-9-13-23)15-24-16-20(26)19(14-18-10-7-6-8-11-18)25-21(27)28-22(2,3)4;1-15(2,3)20-14(19)17-12(13(18)10-16)9-11-7-5-4-6-8-11;1-2-7(6-9)4-3-5-8/h6-8,10-11,17,19-20,24,26H,5,9,12,14-16H2,1-4H3,(H,25,27);4-8,12-13,18H,9-10,16H2,1-3H3,(H,17,19);6-7H,2-4H2,1H3/t17?,19-,20?;12-,13?;/m00./s1. The molecule has 0 fully saturated rings. The molecule has 57 heavy (non-hydrogen) atoms. The topological polar surface area (TPSA) is 220 Å². The first-order valence-corrected chi connectivity index (χ1v) is 19.9. The summed E-state index contributed by atoms with van der Waals surface area (Å²) in [6.45, 7) is 16.0. The zero-order valence-electron chi connectivity index (χ0n) is 35.5. The second kappa shape index (κ2) is 29.7. The van der Waals surface area contributed by atoms with Gasteiger partial charge in [0.25, 0.3) is 0 Å². The van der Waals surface area contributed by atoms with E-state index in [1.54, 1.807) is 20.8 Å². The summed E-state index contributed by atoms with van der Waals surface area (Å²) in [6.07, 6.45) is 3.71. The van der Waals surface area contributed by atoms with Gasteiger partial charge in [0.05, 0.1) is 36.4 Å². The molecular formula is C44H70N6O7. The molecule has 0 saturated carbocycles. The average molecular weight is 795 g/mol. The first-order chi connectivity index (χ1) is 26.9. The SMILES string of the molecule is CC(C)(C)OC(=O)N[C@@H](Cc1ccccc1)C(O)CN.CCC(C=O)CCC#N.CCC(CCC#N)CNCC(O)[C@H](Cc1ccccc1)NC(=O)OC(C)(C)C. The fraction of sp³-hybridized carbons (Fsp3) is 0.614. The highest BCUT2D eigenvalue weighted by molar-refractivity contribution is 5.68. The quantitative estimate of drug-likeness (QED) is 0.0810. The zero-order valence-corrected chi connectivity index (χ0v) is 35.5. The summed E-state index contributed by atoms with van der Waals surface area (Å²) in [7, 11) is 0. The number of amides is 2. The summed E-state index contributed by atoms with van der Waals surface area (Å²) >= 11 is 0. The molecule has 0 saturated heterocycles. The van der Waals surface area contributed by atoms with E-state index in [4.69, 9.17) is 25.7 Å². The van der Waals surface area contributed by atoms with Crippen molar-refractivity contribution in [2.45, 2.75) is 142 Å². The number of aliphatic hydroxyl groups excluding tert-OH is 2. The van der Waals surface area contributed by atoms with E-state index in [1.807, 2.05) is 94.4 Å². The highest BCUT2D eigenvalue weighted by Crippen LogP contribution is 2.13. The molecule has 0 radical (unpaired) electrons. The van der Waals surface area contributed by atoms with Crippen LogP contribution in [0.1, 0.15) is 105 Å². The van der Waals surface area contributed by atoms with Gasteiger partial charge in [0.1, 0.15) is 17.5 Å². The Morgan fingerprint density at radius 1 is 0.737 bits per heavy atom. The van der Waals surface area contributed by atoms with E-state index in [0.717, 1.165) is 49.6 Å². The van der Waals surface area contributed by atoms with Gasteiger partial charge < -0.3 is 46.2 Å². The lowest BCUT2D eigenvalue weighted by Crippen LogP contribution is -2.50. The first kappa shape index (κ1) is 52.5. The van der Waals surface area contributed by atoms with Crippen LogP contribution >= 0.6 is 0 Å². The van der Waals surface area contributed by atoms with E-state index in [0.29, 0.717) is 38.1 Å². The molecule has 0 spiro atoms. The number of hydrogen-bond acceptors (Lipinski definition) is 11. The second-order valence-corrected chi connectivity index (χ2v) is 15.9. The monoisotopic (exact) mass is 795 g/mol. The highest BCUT2D eigenvalue weighted by atomic mass is 16.6. The minimum atomic E-state index is -0.817. The number of benzene rings is 2. The maximum Gasteiger partial charge on any atom is 0.407 e. The number of ether oxygens (including phenoxy) is 2. The molecule has 13 heteroatoms. The lowest BCUT2D eigenvalue weighted by molar-refractivity contribution is -0.111.